The number of hydrogen-bond acceptors (Lipinski definition) is 2. The molecule has 1 aliphatic rings. The van der Waals surface area contributed by atoms with Crippen LogP contribution in [0.4, 0.5) is 0 Å². The molecule has 0 aromatic heterocycles. The maximum absolute atomic E-state index is 12.8. The van der Waals surface area contributed by atoms with E-state index in [9.17, 15) is 4.79 Å². The minimum atomic E-state index is 0.173. The maximum atomic E-state index is 12.8. The Bertz CT molecular complexity index is 678. The summed E-state index contributed by atoms with van der Waals surface area (Å²) in [7, 11) is 1.93. The summed E-state index contributed by atoms with van der Waals surface area (Å²) >= 11 is 0. The Morgan fingerprint density at radius 3 is 2.23 bits per heavy atom. The Morgan fingerprint density at radius 1 is 1.04 bits per heavy atom. The minimum Gasteiger partial charge on any atom is -0.341 e. The number of likely N-dealkylation sites (tertiary alicyclic amines) is 1. The lowest BCUT2D eigenvalue weighted by atomic mass is 9.93. The first kappa shape index (κ1) is 18.7. The number of benzene rings is 2. The van der Waals surface area contributed by atoms with Crippen molar-refractivity contribution in [2.45, 2.75) is 32.2 Å². The van der Waals surface area contributed by atoms with Crippen LogP contribution >= 0.6 is 0 Å². The Balaban J connectivity index is 1.46. The van der Waals surface area contributed by atoms with Crippen LogP contribution in [0.25, 0.3) is 0 Å². The molecular weight excluding hydrogens is 320 g/mol. The normalized spacial score (nSPS) is 17.0. The average Bonchev–Trinajstić information content (AvgIpc) is 2.69. The van der Waals surface area contributed by atoms with E-state index in [-0.39, 0.29) is 5.92 Å². The number of nitrogens with zero attached hydrogens (tertiary/aromatic N) is 2. The molecule has 0 saturated carbocycles. The minimum absolute atomic E-state index is 0.173. The van der Waals surface area contributed by atoms with Crippen molar-refractivity contribution in [1.82, 2.24) is 9.80 Å². The highest BCUT2D eigenvalue weighted by Gasteiger charge is 2.27. The van der Waals surface area contributed by atoms with Gasteiger partial charge in [0.1, 0.15) is 0 Å². The predicted molar refractivity (Wildman–Crippen MR) is 107 cm³/mol. The summed E-state index contributed by atoms with van der Waals surface area (Å²) < 4.78 is 0. The van der Waals surface area contributed by atoms with Crippen molar-refractivity contribution in [1.29, 1.82) is 0 Å². The van der Waals surface area contributed by atoms with Gasteiger partial charge in [0, 0.05) is 26.1 Å². The van der Waals surface area contributed by atoms with Crippen molar-refractivity contribution >= 4 is 5.91 Å². The van der Waals surface area contributed by atoms with Crippen molar-refractivity contribution in [2.75, 3.05) is 26.7 Å². The first-order valence-electron chi connectivity index (χ1n) is 9.69. The molecule has 2 aromatic rings. The van der Waals surface area contributed by atoms with Gasteiger partial charge in [-0.25, -0.2) is 0 Å². The van der Waals surface area contributed by atoms with E-state index in [0.29, 0.717) is 18.4 Å². The second-order valence-corrected chi connectivity index (χ2v) is 7.57. The fourth-order valence-corrected chi connectivity index (χ4v) is 3.88. The fourth-order valence-electron chi connectivity index (χ4n) is 3.88. The largest absolute Gasteiger partial charge is 0.341 e. The van der Waals surface area contributed by atoms with E-state index in [4.69, 9.17) is 0 Å². The molecule has 1 amide bonds. The van der Waals surface area contributed by atoms with Gasteiger partial charge >= 0.3 is 0 Å². The Hall–Kier alpha value is -2.13. The van der Waals surface area contributed by atoms with Crippen LogP contribution in [-0.4, -0.2) is 42.4 Å². The SMILES string of the molecule is C[C@@H](CN1CCC(C(=O)N(C)Cc2ccccc2)CC1)c1ccccc1. The highest BCUT2D eigenvalue weighted by atomic mass is 16.2. The molecule has 0 spiro atoms. The number of piperidine rings is 1. The van der Waals surface area contributed by atoms with E-state index >= 15 is 0 Å². The van der Waals surface area contributed by atoms with Gasteiger partial charge in [-0.3, -0.25) is 4.79 Å². The van der Waals surface area contributed by atoms with Crippen molar-refractivity contribution < 1.29 is 4.79 Å². The van der Waals surface area contributed by atoms with Crippen LogP contribution in [0.15, 0.2) is 60.7 Å². The van der Waals surface area contributed by atoms with Gasteiger partial charge in [0.2, 0.25) is 5.91 Å². The third-order valence-electron chi connectivity index (χ3n) is 5.48. The van der Waals surface area contributed by atoms with E-state index < -0.39 is 0 Å². The Labute approximate surface area is 157 Å². The van der Waals surface area contributed by atoms with Crippen LogP contribution in [0.5, 0.6) is 0 Å². The first-order valence-corrected chi connectivity index (χ1v) is 9.69. The van der Waals surface area contributed by atoms with E-state index in [0.717, 1.165) is 32.5 Å². The molecule has 1 heterocycles. The third kappa shape index (κ3) is 4.95. The number of hydrogen-bond donors (Lipinski definition) is 0. The quantitative estimate of drug-likeness (QED) is 0.781. The molecule has 3 nitrogen and oxygen atoms in total. The summed E-state index contributed by atoms with van der Waals surface area (Å²) in [6, 6.07) is 20.9. The second-order valence-electron chi connectivity index (χ2n) is 7.57. The molecule has 1 aliphatic heterocycles. The third-order valence-corrected chi connectivity index (χ3v) is 5.48. The molecule has 26 heavy (non-hydrogen) atoms. The summed E-state index contributed by atoms with van der Waals surface area (Å²) in [5, 5.41) is 0. The molecule has 3 heteroatoms. The Kier molecular flexibility index (Phi) is 6.45. The smallest absolute Gasteiger partial charge is 0.225 e. The molecule has 3 rings (SSSR count). The maximum Gasteiger partial charge on any atom is 0.225 e. The van der Waals surface area contributed by atoms with Crippen molar-refractivity contribution in [2.24, 2.45) is 5.92 Å². The standard InChI is InChI=1S/C23H30N2O/c1-19(21-11-7-4-8-12-21)17-25-15-13-22(14-16-25)23(26)24(2)18-20-9-5-3-6-10-20/h3-12,19,22H,13-18H2,1-2H3/t19-/m0/s1. The van der Waals surface area contributed by atoms with Crippen molar-refractivity contribution in [3.05, 3.63) is 71.8 Å². The molecule has 1 fully saturated rings. The lowest BCUT2D eigenvalue weighted by Gasteiger charge is -2.34. The van der Waals surface area contributed by atoms with E-state index in [2.05, 4.69) is 54.3 Å². The first-order chi connectivity index (χ1) is 12.6. The molecule has 138 valence electrons. The molecule has 0 N–H and O–H groups in total. The van der Waals surface area contributed by atoms with Gasteiger partial charge < -0.3 is 9.80 Å². The topological polar surface area (TPSA) is 23.6 Å². The zero-order chi connectivity index (χ0) is 18.4. The molecular formula is C23H30N2O. The van der Waals surface area contributed by atoms with E-state index in [1.54, 1.807) is 0 Å². The fraction of sp³-hybridized carbons (Fsp3) is 0.435. The number of carbonyl (C=O) groups is 1. The monoisotopic (exact) mass is 350 g/mol. The highest BCUT2D eigenvalue weighted by Crippen LogP contribution is 2.23. The summed E-state index contributed by atoms with van der Waals surface area (Å²) in [6.45, 7) is 6.11. The molecule has 1 saturated heterocycles. The van der Waals surface area contributed by atoms with Crippen LogP contribution in [0, 0.1) is 5.92 Å². The Morgan fingerprint density at radius 2 is 1.62 bits per heavy atom. The van der Waals surface area contributed by atoms with Crippen molar-refractivity contribution in [3.8, 4) is 0 Å². The summed E-state index contributed by atoms with van der Waals surface area (Å²) in [5.74, 6) is 1.00. The van der Waals surface area contributed by atoms with Gasteiger partial charge in [-0.2, -0.15) is 0 Å². The van der Waals surface area contributed by atoms with Crippen LogP contribution in [0.2, 0.25) is 0 Å². The highest BCUT2D eigenvalue weighted by molar-refractivity contribution is 5.78. The summed E-state index contributed by atoms with van der Waals surface area (Å²) in [6.07, 6.45) is 1.94. The van der Waals surface area contributed by atoms with Gasteiger partial charge in [0.05, 0.1) is 0 Å². The molecule has 1 atom stereocenters. The van der Waals surface area contributed by atoms with Gasteiger partial charge in [-0.1, -0.05) is 67.6 Å². The lowest BCUT2D eigenvalue weighted by Crippen LogP contribution is -2.42. The van der Waals surface area contributed by atoms with Gasteiger partial charge in [0.25, 0.3) is 0 Å². The van der Waals surface area contributed by atoms with Gasteiger partial charge in [-0.05, 0) is 43.0 Å². The lowest BCUT2D eigenvalue weighted by molar-refractivity contribution is -0.136. The van der Waals surface area contributed by atoms with E-state index in [1.165, 1.54) is 11.1 Å². The predicted octanol–water partition coefficient (Wildman–Crippen LogP) is 4.16. The number of amides is 1. The van der Waals surface area contributed by atoms with Crippen LogP contribution < -0.4 is 0 Å². The molecule has 0 bridgehead atoms. The number of rotatable bonds is 6. The van der Waals surface area contributed by atoms with Crippen LogP contribution in [-0.2, 0) is 11.3 Å². The summed E-state index contributed by atoms with van der Waals surface area (Å²) in [5.41, 5.74) is 2.59. The zero-order valence-electron chi connectivity index (χ0n) is 16.0. The molecule has 0 radical (unpaired) electrons. The van der Waals surface area contributed by atoms with Crippen LogP contribution in [0.1, 0.15) is 36.8 Å². The van der Waals surface area contributed by atoms with Crippen molar-refractivity contribution in [3.63, 3.8) is 0 Å². The van der Waals surface area contributed by atoms with Gasteiger partial charge in [0.15, 0.2) is 0 Å². The molecule has 0 unspecified atom stereocenters. The molecule has 0 aliphatic carbocycles. The number of carbonyl (C=O) groups excluding carboxylic acids is 1. The van der Waals surface area contributed by atoms with Crippen LogP contribution in [0.3, 0.4) is 0 Å². The average molecular weight is 351 g/mol. The van der Waals surface area contributed by atoms with E-state index in [1.807, 2.05) is 30.1 Å². The molecule has 2 aromatic carbocycles. The second kappa shape index (κ2) is 9.00. The zero-order valence-corrected chi connectivity index (χ0v) is 16.0. The van der Waals surface area contributed by atoms with Gasteiger partial charge in [-0.15, -0.1) is 0 Å². The summed E-state index contributed by atoms with van der Waals surface area (Å²) in [4.78, 5) is 17.2.